The molecule has 1 saturated heterocycles. The Kier molecular flexibility index (Phi) is 3.15. The molecular weight excluding hydrogens is 220 g/mol. The minimum absolute atomic E-state index is 0.158. The molecule has 94 valence electrons. The number of hydrogen-bond donors (Lipinski definition) is 1. The second-order valence-corrected chi connectivity index (χ2v) is 5.18. The molecule has 1 aliphatic rings. The number of nitrogens with one attached hydrogen (secondary N) is 1. The molecule has 0 radical (unpaired) electrons. The minimum atomic E-state index is -0.288. The summed E-state index contributed by atoms with van der Waals surface area (Å²) < 4.78 is 5.25. The van der Waals surface area contributed by atoms with Crippen molar-refractivity contribution >= 4 is 5.95 Å². The summed E-state index contributed by atoms with van der Waals surface area (Å²) in [5.41, 5.74) is 0.0212. The van der Waals surface area contributed by atoms with Crippen molar-refractivity contribution in [2.75, 3.05) is 31.2 Å². The summed E-state index contributed by atoms with van der Waals surface area (Å²) in [6, 6.07) is 0. The van der Waals surface area contributed by atoms with Gasteiger partial charge in [-0.05, 0) is 0 Å². The Morgan fingerprint density at radius 1 is 1.24 bits per heavy atom. The number of morpholine rings is 1. The number of anilines is 1. The summed E-state index contributed by atoms with van der Waals surface area (Å²) in [4.78, 5) is 16.7. The largest absolute Gasteiger partial charge is 0.378 e. The van der Waals surface area contributed by atoms with Crippen LogP contribution in [0, 0.1) is 0 Å². The van der Waals surface area contributed by atoms with Crippen LogP contribution in [0.4, 0.5) is 5.95 Å². The molecule has 2 heterocycles. The van der Waals surface area contributed by atoms with Gasteiger partial charge in [0.1, 0.15) is 5.69 Å². The molecule has 1 N–H and O–H groups in total. The summed E-state index contributed by atoms with van der Waals surface area (Å²) in [7, 11) is 0. The average Bonchev–Trinajstić information content (AvgIpc) is 2.28. The first kappa shape index (κ1) is 12.0. The van der Waals surface area contributed by atoms with E-state index in [2.05, 4.69) is 15.2 Å². The van der Waals surface area contributed by atoms with Crippen molar-refractivity contribution in [2.45, 2.75) is 26.2 Å². The number of aromatic amines is 1. The number of hydrogen-bond acceptors (Lipinski definition) is 5. The van der Waals surface area contributed by atoms with Crippen LogP contribution in [0.5, 0.6) is 0 Å². The minimum Gasteiger partial charge on any atom is -0.378 e. The highest BCUT2D eigenvalue weighted by Crippen LogP contribution is 2.16. The van der Waals surface area contributed by atoms with Crippen molar-refractivity contribution in [1.82, 2.24) is 15.2 Å². The van der Waals surface area contributed by atoms with Gasteiger partial charge in [0.15, 0.2) is 0 Å². The van der Waals surface area contributed by atoms with Gasteiger partial charge in [0.05, 0.1) is 13.2 Å². The first-order valence-corrected chi connectivity index (χ1v) is 5.78. The Balaban J connectivity index is 2.27. The van der Waals surface area contributed by atoms with Crippen LogP contribution in [0.25, 0.3) is 0 Å². The van der Waals surface area contributed by atoms with Gasteiger partial charge in [0.2, 0.25) is 5.95 Å². The average molecular weight is 238 g/mol. The van der Waals surface area contributed by atoms with Gasteiger partial charge in [-0.3, -0.25) is 9.78 Å². The lowest BCUT2D eigenvalue weighted by atomic mass is 9.93. The molecule has 2 rings (SSSR count). The second-order valence-electron chi connectivity index (χ2n) is 5.18. The van der Waals surface area contributed by atoms with Gasteiger partial charge in [0.25, 0.3) is 5.56 Å². The molecule has 0 spiro atoms. The highest BCUT2D eigenvalue weighted by molar-refractivity contribution is 5.28. The van der Waals surface area contributed by atoms with E-state index < -0.39 is 0 Å². The van der Waals surface area contributed by atoms with Crippen molar-refractivity contribution in [3.63, 3.8) is 0 Å². The molecule has 0 bridgehead atoms. The van der Waals surface area contributed by atoms with Gasteiger partial charge < -0.3 is 9.64 Å². The molecule has 6 heteroatoms. The smallest absolute Gasteiger partial charge is 0.274 e. The quantitative estimate of drug-likeness (QED) is 0.762. The molecule has 0 saturated carbocycles. The topological polar surface area (TPSA) is 71.1 Å². The van der Waals surface area contributed by atoms with Gasteiger partial charge in [-0.2, -0.15) is 0 Å². The van der Waals surface area contributed by atoms with Crippen LogP contribution in [-0.2, 0) is 10.2 Å². The van der Waals surface area contributed by atoms with Crippen LogP contribution in [0.2, 0.25) is 0 Å². The second kappa shape index (κ2) is 4.44. The fourth-order valence-corrected chi connectivity index (χ4v) is 1.74. The number of aromatic nitrogens is 3. The summed E-state index contributed by atoms with van der Waals surface area (Å²) in [6.45, 7) is 8.62. The van der Waals surface area contributed by atoms with Crippen molar-refractivity contribution in [3.05, 3.63) is 16.0 Å². The van der Waals surface area contributed by atoms with E-state index in [4.69, 9.17) is 4.74 Å². The molecule has 1 aliphatic heterocycles. The van der Waals surface area contributed by atoms with E-state index in [1.807, 2.05) is 25.7 Å². The van der Waals surface area contributed by atoms with Gasteiger partial charge in [-0.1, -0.05) is 20.8 Å². The molecule has 1 aromatic rings. The van der Waals surface area contributed by atoms with E-state index in [0.29, 0.717) is 24.9 Å². The van der Waals surface area contributed by atoms with Crippen LogP contribution in [-0.4, -0.2) is 41.5 Å². The Morgan fingerprint density at radius 2 is 1.88 bits per heavy atom. The molecule has 0 amide bonds. The van der Waals surface area contributed by atoms with Gasteiger partial charge in [-0.25, -0.2) is 0 Å². The van der Waals surface area contributed by atoms with Crippen molar-refractivity contribution in [2.24, 2.45) is 0 Å². The van der Waals surface area contributed by atoms with Crippen molar-refractivity contribution in [3.8, 4) is 0 Å². The first-order valence-electron chi connectivity index (χ1n) is 5.78. The van der Waals surface area contributed by atoms with E-state index in [9.17, 15) is 4.79 Å². The van der Waals surface area contributed by atoms with E-state index >= 15 is 0 Å². The zero-order chi connectivity index (χ0) is 12.5. The van der Waals surface area contributed by atoms with E-state index in [1.54, 1.807) is 0 Å². The molecule has 0 unspecified atom stereocenters. The standard InChI is InChI=1S/C11H18N4O2/c1-11(2,3)8-9(16)12-10(14-13-8)15-4-6-17-7-5-15/h4-7H2,1-3H3,(H,12,14,16). The van der Waals surface area contributed by atoms with Crippen LogP contribution < -0.4 is 10.5 Å². The highest BCUT2D eigenvalue weighted by Gasteiger charge is 2.22. The molecule has 0 atom stereocenters. The van der Waals surface area contributed by atoms with E-state index in [0.717, 1.165) is 13.1 Å². The third kappa shape index (κ3) is 2.63. The van der Waals surface area contributed by atoms with E-state index in [-0.39, 0.29) is 11.0 Å². The highest BCUT2D eigenvalue weighted by atomic mass is 16.5. The lowest BCUT2D eigenvalue weighted by Gasteiger charge is -2.27. The monoisotopic (exact) mass is 238 g/mol. The maximum absolute atomic E-state index is 11.9. The fourth-order valence-electron chi connectivity index (χ4n) is 1.74. The van der Waals surface area contributed by atoms with Crippen LogP contribution >= 0.6 is 0 Å². The number of H-pyrrole nitrogens is 1. The van der Waals surface area contributed by atoms with Gasteiger partial charge in [-0.15, -0.1) is 10.2 Å². The van der Waals surface area contributed by atoms with Crippen LogP contribution in [0.1, 0.15) is 26.5 Å². The molecule has 1 aromatic heterocycles. The summed E-state index contributed by atoms with van der Waals surface area (Å²) in [5.74, 6) is 0.534. The van der Waals surface area contributed by atoms with Gasteiger partial charge >= 0.3 is 0 Å². The summed E-state index contributed by atoms with van der Waals surface area (Å²) in [6.07, 6.45) is 0. The molecule has 1 fully saturated rings. The Morgan fingerprint density at radius 3 is 2.41 bits per heavy atom. The number of rotatable bonds is 1. The van der Waals surface area contributed by atoms with Crippen molar-refractivity contribution in [1.29, 1.82) is 0 Å². The summed E-state index contributed by atoms with van der Waals surface area (Å²) in [5, 5.41) is 8.14. The lowest BCUT2D eigenvalue weighted by molar-refractivity contribution is 0.122. The maximum Gasteiger partial charge on any atom is 0.274 e. The normalized spacial score (nSPS) is 17.2. The third-order valence-electron chi connectivity index (χ3n) is 2.71. The SMILES string of the molecule is CC(C)(C)c1nnc(N2CCOCC2)[nH]c1=O. The van der Waals surface area contributed by atoms with Crippen LogP contribution in [0.3, 0.4) is 0 Å². The third-order valence-corrected chi connectivity index (χ3v) is 2.71. The molecule has 6 nitrogen and oxygen atoms in total. The maximum atomic E-state index is 11.9. The van der Waals surface area contributed by atoms with Crippen molar-refractivity contribution < 1.29 is 4.74 Å². The Hall–Kier alpha value is -1.43. The Labute approximate surface area is 100 Å². The number of nitrogens with zero attached hydrogens (tertiary/aromatic N) is 3. The fraction of sp³-hybridized carbons (Fsp3) is 0.727. The predicted molar refractivity (Wildman–Crippen MR) is 64.4 cm³/mol. The molecular formula is C11H18N4O2. The molecule has 0 aromatic carbocycles. The zero-order valence-corrected chi connectivity index (χ0v) is 10.5. The van der Waals surface area contributed by atoms with Gasteiger partial charge in [0, 0.05) is 18.5 Å². The Bertz CT molecular complexity index is 444. The lowest BCUT2D eigenvalue weighted by Crippen LogP contribution is -2.39. The van der Waals surface area contributed by atoms with Crippen LogP contribution in [0.15, 0.2) is 4.79 Å². The predicted octanol–water partition coefficient (Wildman–Crippen LogP) is 0.299. The first-order chi connectivity index (χ1) is 7.98. The molecule has 0 aliphatic carbocycles. The molecule has 17 heavy (non-hydrogen) atoms. The van der Waals surface area contributed by atoms with E-state index in [1.165, 1.54) is 0 Å². The number of ether oxygens (including phenoxy) is 1. The zero-order valence-electron chi connectivity index (χ0n) is 10.5. The summed E-state index contributed by atoms with van der Waals surface area (Å²) >= 11 is 0.